The van der Waals surface area contributed by atoms with Crippen LogP contribution in [0.2, 0.25) is 0 Å². The van der Waals surface area contributed by atoms with Crippen LogP contribution in [0.15, 0.2) is 47.6 Å². The molecule has 0 fully saturated rings. The number of carbonyl (C=O) groups is 1. The Bertz CT molecular complexity index is 868. The fraction of sp³-hybridized carbons (Fsp3) is 0.333. The van der Waals surface area contributed by atoms with Crippen LogP contribution in [0.25, 0.3) is 0 Å². The Morgan fingerprint density at radius 2 is 1.89 bits per heavy atom. The van der Waals surface area contributed by atoms with E-state index in [9.17, 15) is 4.79 Å². The van der Waals surface area contributed by atoms with Gasteiger partial charge in [-0.1, -0.05) is 30.8 Å². The van der Waals surface area contributed by atoms with E-state index < -0.39 is 0 Å². The number of methoxy groups -OCH3 is 1. The number of nitrogens with zero attached hydrogens (tertiary/aromatic N) is 2. The Morgan fingerprint density at radius 1 is 1.14 bits per heavy atom. The van der Waals surface area contributed by atoms with Crippen LogP contribution in [0.1, 0.15) is 31.4 Å². The van der Waals surface area contributed by atoms with Gasteiger partial charge in [-0.2, -0.15) is 5.10 Å². The summed E-state index contributed by atoms with van der Waals surface area (Å²) in [6, 6.07) is 13.2. The van der Waals surface area contributed by atoms with Crippen LogP contribution < -0.4 is 15.2 Å². The van der Waals surface area contributed by atoms with Crippen molar-refractivity contribution >= 4 is 28.4 Å². The number of amides is 1. The molecule has 0 bridgehead atoms. The molecule has 0 saturated carbocycles. The van der Waals surface area contributed by atoms with Crippen molar-refractivity contribution in [3.8, 4) is 11.5 Å². The standard InChI is InChI=1S/C21H25N3O3S/c1-4-19-20(15-8-11-17(27-5-2)18(12-15)26-3)23-24(21(25)28-19)13-14-6-9-16(22)10-7-14/h6-12,19H,4-5,13,22H2,1-3H3. The molecule has 2 N–H and O–H groups in total. The zero-order valence-electron chi connectivity index (χ0n) is 16.3. The first kappa shape index (κ1) is 20.1. The van der Waals surface area contributed by atoms with Crippen LogP contribution in [-0.2, 0) is 6.54 Å². The fourth-order valence-electron chi connectivity index (χ4n) is 2.99. The first-order chi connectivity index (χ1) is 13.5. The van der Waals surface area contributed by atoms with Crippen molar-refractivity contribution in [2.45, 2.75) is 32.1 Å². The molecule has 1 aliphatic rings. The summed E-state index contributed by atoms with van der Waals surface area (Å²) in [6.07, 6.45) is 0.806. The van der Waals surface area contributed by atoms with Crippen LogP contribution in [0.5, 0.6) is 11.5 Å². The molecule has 3 rings (SSSR count). The molecular formula is C21H25N3O3S. The molecule has 1 heterocycles. The van der Waals surface area contributed by atoms with Crippen molar-refractivity contribution in [2.75, 3.05) is 19.5 Å². The van der Waals surface area contributed by atoms with Gasteiger partial charge in [-0.25, -0.2) is 5.01 Å². The van der Waals surface area contributed by atoms with Crippen molar-refractivity contribution in [1.29, 1.82) is 0 Å². The van der Waals surface area contributed by atoms with E-state index in [0.717, 1.165) is 23.3 Å². The number of hydrogen-bond donors (Lipinski definition) is 1. The Labute approximate surface area is 169 Å². The van der Waals surface area contributed by atoms with Gasteiger partial charge in [0.2, 0.25) is 0 Å². The zero-order chi connectivity index (χ0) is 20.1. The molecule has 1 unspecified atom stereocenters. The minimum absolute atomic E-state index is 0.00202. The lowest BCUT2D eigenvalue weighted by atomic mass is 10.0. The molecule has 28 heavy (non-hydrogen) atoms. The molecule has 1 amide bonds. The van der Waals surface area contributed by atoms with Gasteiger partial charge in [0.05, 0.1) is 31.2 Å². The second-order valence-corrected chi connectivity index (χ2v) is 7.52. The Kier molecular flexibility index (Phi) is 6.46. The van der Waals surface area contributed by atoms with E-state index in [1.54, 1.807) is 7.11 Å². The van der Waals surface area contributed by atoms with Crippen molar-refractivity contribution in [3.63, 3.8) is 0 Å². The molecule has 0 aromatic heterocycles. The summed E-state index contributed by atoms with van der Waals surface area (Å²) in [7, 11) is 1.62. The Balaban J connectivity index is 1.94. The number of ether oxygens (including phenoxy) is 2. The number of nitrogens with two attached hydrogens (primary N) is 1. The van der Waals surface area contributed by atoms with Crippen LogP contribution in [0.3, 0.4) is 0 Å². The summed E-state index contributed by atoms with van der Waals surface area (Å²) in [5.74, 6) is 1.35. The van der Waals surface area contributed by atoms with E-state index in [1.165, 1.54) is 16.8 Å². The molecule has 7 heteroatoms. The highest BCUT2D eigenvalue weighted by atomic mass is 32.2. The molecule has 2 aromatic rings. The zero-order valence-corrected chi connectivity index (χ0v) is 17.2. The second kappa shape index (κ2) is 9.01. The van der Waals surface area contributed by atoms with E-state index >= 15 is 0 Å². The summed E-state index contributed by atoms with van der Waals surface area (Å²) in [6.45, 7) is 4.96. The highest BCUT2D eigenvalue weighted by Gasteiger charge is 2.30. The van der Waals surface area contributed by atoms with E-state index in [4.69, 9.17) is 20.3 Å². The summed E-state index contributed by atoms with van der Waals surface area (Å²) in [5, 5.41) is 6.17. The third-order valence-corrected chi connectivity index (χ3v) is 5.68. The van der Waals surface area contributed by atoms with E-state index in [1.807, 2.05) is 49.4 Å². The maximum Gasteiger partial charge on any atom is 0.302 e. The summed E-state index contributed by atoms with van der Waals surface area (Å²) in [4.78, 5) is 12.6. The molecule has 0 radical (unpaired) electrons. The minimum atomic E-state index is -0.0506. The normalized spacial score (nSPS) is 16.7. The average molecular weight is 400 g/mol. The molecule has 0 spiro atoms. The molecule has 1 atom stereocenters. The van der Waals surface area contributed by atoms with Crippen LogP contribution >= 0.6 is 11.8 Å². The highest BCUT2D eigenvalue weighted by Crippen LogP contribution is 2.33. The predicted molar refractivity (Wildman–Crippen MR) is 114 cm³/mol. The predicted octanol–water partition coefficient (Wildman–Crippen LogP) is 4.53. The number of rotatable bonds is 7. The molecule has 148 valence electrons. The van der Waals surface area contributed by atoms with E-state index in [-0.39, 0.29) is 10.5 Å². The average Bonchev–Trinajstić information content (AvgIpc) is 2.71. The number of hydrazone groups is 1. The van der Waals surface area contributed by atoms with Crippen LogP contribution in [-0.4, -0.2) is 34.9 Å². The van der Waals surface area contributed by atoms with Crippen molar-refractivity contribution in [1.82, 2.24) is 5.01 Å². The summed E-state index contributed by atoms with van der Waals surface area (Å²) >= 11 is 1.31. The van der Waals surface area contributed by atoms with Crippen LogP contribution in [0, 0.1) is 0 Å². The maximum absolute atomic E-state index is 12.6. The number of thioether (sulfide) groups is 1. The lowest BCUT2D eigenvalue weighted by molar-refractivity contribution is 0.222. The molecular weight excluding hydrogens is 374 g/mol. The smallest absolute Gasteiger partial charge is 0.302 e. The lowest BCUT2D eigenvalue weighted by Gasteiger charge is -2.28. The monoisotopic (exact) mass is 399 g/mol. The quantitative estimate of drug-likeness (QED) is 0.692. The third-order valence-electron chi connectivity index (χ3n) is 4.43. The Hall–Kier alpha value is -2.67. The second-order valence-electron chi connectivity index (χ2n) is 6.36. The topological polar surface area (TPSA) is 77.1 Å². The lowest BCUT2D eigenvalue weighted by Crippen LogP contribution is -2.34. The number of anilines is 1. The van der Waals surface area contributed by atoms with Gasteiger partial charge >= 0.3 is 5.24 Å². The summed E-state index contributed by atoms with van der Waals surface area (Å²) in [5.41, 5.74) is 9.21. The van der Waals surface area contributed by atoms with Crippen LogP contribution in [0.4, 0.5) is 10.5 Å². The van der Waals surface area contributed by atoms with Crippen molar-refractivity contribution in [2.24, 2.45) is 5.10 Å². The van der Waals surface area contributed by atoms with Gasteiger partial charge in [0.15, 0.2) is 11.5 Å². The van der Waals surface area contributed by atoms with E-state index in [2.05, 4.69) is 6.92 Å². The molecule has 0 aliphatic carbocycles. The van der Waals surface area contributed by atoms with Crippen molar-refractivity contribution < 1.29 is 14.3 Å². The number of nitrogen functional groups attached to an aromatic ring is 1. The molecule has 2 aromatic carbocycles. The number of benzene rings is 2. The van der Waals surface area contributed by atoms with Gasteiger partial charge < -0.3 is 15.2 Å². The fourth-order valence-corrected chi connectivity index (χ4v) is 3.92. The van der Waals surface area contributed by atoms with Gasteiger partial charge in [0, 0.05) is 11.3 Å². The van der Waals surface area contributed by atoms with Gasteiger partial charge in [-0.15, -0.1) is 0 Å². The van der Waals surface area contributed by atoms with Gasteiger partial charge in [0.25, 0.3) is 0 Å². The Morgan fingerprint density at radius 3 is 2.54 bits per heavy atom. The first-order valence-electron chi connectivity index (χ1n) is 9.28. The van der Waals surface area contributed by atoms with Crippen molar-refractivity contribution in [3.05, 3.63) is 53.6 Å². The number of hydrogen-bond acceptors (Lipinski definition) is 6. The molecule has 0 saturated heterocycles. The summed E-state index contributed by atoms with van der Waals surface area (Å²) < 4.78 is 11.1. The first-order valence-corrected chi connectivity index (χ1v) is 10.2. The largest absolute Gasteiger partial charge is 0.493 e. The maximum atomic E-state index is 12.6. The third kappa shape index (κ3) is 4.42. The SMILES string of the molecule is CCOc1ccc(C2=NN(Cc3ccc(N)cc3)C(=O)SC2CC)cc1OC. The van der Waals surface area contributed by atoms with Gasteiger partial charge in [-0.05, 0) is 49.2 Å². The molecule has 1 aliphatic heterocycles. The number of carbonyl (C=O) groups excluding carboxylic acids is 1. The van der Waals surface area contributed by atoms with Gasteiger partial charge in [0.1, 0.15) is 0 Å². The minimum Gasteiger partial charge on any atom is -0.493 e. The van der Waals surface area contributed by atoms with Gasteiger partial charge in [-0.3, -0.25) is 4.79 Å². The molecule has 6 nitrogen and oxygen atoms in total. The van der Waals surface area contributed by atoms with E-state index in [0.29, 0.717) is 30.3 Å². The highest BCUT2D eigenvalue weighted by molar-refractivity contribution is 8.14.